The lowest BCUT2D eigenvalue weighted by molar-refractivity contribution is 0.0995. The lowest BCUT2D eigenvalue weighted by Gasteiger charge is -2.04. The van der Waals surface area contributed by atoms with Gasteiger partial charge in [0.05, 0.1) is 5.69 Å². The Morgan fingerprint density at radius 1 is 1.33 bits per heavy atom. The number of hydrogen-bond donors (Lipinski definition) is 0. The second-order valence-electron chi connectivity index (χ2n) is 4.33. The summed E-state index contributed by atoms with van der Waals surface area (Å²) in [6.07, 6.45) is 2.24. The second-order valence-corrected chi connectivity index (χ2v) is 5.08. The summed E-state index contributed by atoms with van der Waals surface area (Å²) in [5.41, 5.74) is 3.08. The Morgan fingerprint density at radius 2 is 2.11 bits per heavy atom. The minimum Gasteiger partial charge on any atom is -0.293 e. The van der Waals surface area contributed by atoms with Crippen molar-refractivity contribution >= 4 is 17.3 Å². The third kappa shape index (κ3) is 2.82. The van der Waals surface area contributed by atoms with Crippen molar-refractivity contribution in [2.75, 3.05) is 0 Å². The van der Waals surface area contributed by atoms with Crippen molar-refractivity contribution in [2.45, 2.75) is 33.1 Å². The Labute approximate surface area is 111 Å². The third-order valence-electron chi connectivity index (χ3n) is 2.91. The molecule has 0 atom stereocenters. The zero-order valence-corrected chi connectivity index (χ0v) is 11.5. The van der Waals surface area contributed by atoms with Crippen molar-refractivity contribution < 1.29 is 4.79 Å². The van der Waals surface area contributed by atoms with E-state index in [9.17, 15) is 4.79 Å². The maximum absolute atomic E-state index is 12.3. The van der Waals surface area contributed by atoms with Crippen LogP contribution in [0.3, 0.4) is 0 Å². The molecule has 0 radical (unpaired) electrons. The number of aromatic nitrogens is 2. The SMILES string of the molecule is CCCc1nnsc1C(=O)Cc1ccccc1C. The Hall–Kier alpha value is -1.55. The number of carbonyl (C=O) groups excluding carboxylic acids is 1. The van der Waals surface area contributed by atoms with Gasteiger partial charge in [-0.25, -0.2) is 0 Å². The molecule has 0 N–H and O–H groups in total. The van der Waals surface area contributed by atoms with Gasteiger partial charge in [-0.3, -0.25) is 4.79 Å². The Morgan fingerprint density at radius 3 is 2.83 bits per heavy atom. The van der Waals surface area contributed by atoms with Gasteiger partial charge >= 0.3 is 0 Å². The molecule has 2 rings (SSSR count). The molecule has 4 heteroatoms. The van der Waals surface area contributed by atoms with Gasteiger partial charge in [-0.15, -0.1) is 5.10 Å². The molecule has 18 heavy (non-hydrogen) atoms. The molecular weight excluding hydrogens is 244 g/mol. The Kier molecular flexibility index (Phi) is 4.20. The van der Waals surface area contributed by atoms with Gasteiger partial charge in [0.2, 0.25) is 0 Å². The normalized spacial score (nSPS) is 10.6. The van der Waals surface area contributed by atoms with Gasteiger partial charge in [0, 0.05) is 6.42 Å². The molecule has 0 aliphatic rings. The van der Waals surface area contributed by atoms with Crippen LogP contribution in [0.2, 0.25) is 0 Å². The zero-order chi connectivity index (χ0) is 13.0. The summed E-state index contributed by atoms with van der Waals surface area (Å²) in [6, 6.07) is 7.98. The van der Waals surface area contributed by atoms with Crippen LogP contribution in [0.4, 0.5) is 0 Å². The predicted octanol–water partition coefficient (Wildman–Crippen LogP) is 3.22. The molecule has 0 fully saturated rings. The van der Waals surface area contributed by atoms with Gasteiger partial charge in [-0.2, -0.15) is 0 Å². The number of benzene rings is 1. The first-order valence-corrected chi connectivity index (χ1v) is 6.88. The summed E-state index contributed by atoms with van der Waals surface area (Å²) in [5, 5.41) is 4.04. The highest BCUT2D eigenvalue weighted by molar-refractivity contribution is 7.08. The number of ketones is 1. The lowest BCUT2D eigenvalue weighted by Crippen LogP contribution is -2.06. The van der Waals surface area contributed by atoms with E-state index in [1.54, 1.807) is 0 Å². The standard InChI is InChI=1S/C14H16N2OS/c1-3-6-12-14(18-16-15-12)13(17)9-11-8-5-4-7-10(11)2/h4-5,7-8H,3,6,9H2,1-2H3. The van der Waals surface area contributed by atoms with Gasteiger partial charge in [-0.05, 0) is 36.0 Å². The highest BCUT2D eigenvalue weighted by Crippen LogP contribution is 2.17. The van der Waals surface area contributed by atoms with E-state index in [1.807, 2.05) is 31.2 Å². The van der Waals surface area contributed by atoms with Crippen LogP contribution < -0.4 is 0 Å². The van der Waals surface area contributed by atoms with Crippen LogP contribution in [-0.4, -0.2) is 15.4 Å². The molecule has 0 aliphatic carbocycles. The van der Waals surface area contributed by atoms with Crippen LogP contribution in [0.1, 0.15) is 39.8 Å². The van der Waals surface area contributed by atoms with Crippen LogP contribution in [0.25, 0.3) is 0 Å². The molecule has 94 valence electrons. The highest BCUT2D eigenvalue weighted by Gasteiger charge is 2.16. The molecule has 0 aliphatic heterocycles. The van der Waals surface area contributed by atoms with Crippen LogP contribution in [0, 0.1) is 6.92 Å². The van der Waals surface area contributed by atoms with E-state index >= 15 is 0 Å². The van der Waals surface area contributed by atoms with E-state index in [2.05, 4.69) is 16.5 Å². The van der Waals surface area contributed by atoms with Crippen LogP contribution in [0.5, 0.6) is 0 Å². The minimum absolute atomic E-state index is 0.128. The van der Waals surface area contributed by atoms with Crippen LogP contribution in [-0.2, 0) is 12.8 Å². The van der Waals surface area contributed by atoms with E-state index in [4.69, 9.17) is 0 Å². The number of hydrogen-bond acceptors (Lipinski definition) is 4. The first-order chi connectivity index (χ1) is 8.72. The number of rotatable bonds is 5. The molecule has 0 bridgehead atoms. The fourth-order valence-corrected chi connectivity index (χ4v) is 2.53. The number of aryl methyl sites for hydroxylation is 2. The average molecular weight is 260 g/mol. The van der Waals surface area contributed by atoms with E-state index in [-0.39, 0.29) is 5.78 Å². The van der Waals surface area contributed by atoms with Gasteiger partial charge in [-0.1, -0.05) is 42.1 Å². The molecule has 3 nitrogen and oxygen atoms in total. The van der Waals surface area contributed by atoms with E-state index in [0.29, 0.717) is 6.42 Å². The Balaban J connectivity index is 2.17. The summed E-state index contributed by atoms with van der Waals surface area (Å²) < 4.78 is 3.90. The van der Waals surface area contributed by atoms with Crippen molar-refractivity contribution in [2.24, 2.45) is 0 Å². The van der Waals surface area contributed by atoms with Crippen molar-refractivity contribution in [3.63, 3.8) is 0 Å². The molecule has 0 unspecified atom stereocenters. The smallest absolute Gasteiger partial charge is 0.180 e. The molecular formula is C14H16N2OS. The first-order valence-electron chi connectivity index (χ1n) is 6.11. The van der Waals surface area contributed by atoms with Crippen molar-refractivity contribution in [1.82, 2.24) is 9.59 Å². The average Bonchev–Trinajstić information content (AvgIpc) is 2.81. The fourth-order valence-electron chi connectivity index (χ4n) is 1.88. The molecule has 0 saturated carbocycles. The van der Waals surface area contributed by atoms with Crippen molar-refractivity contribution in [1.29, 1.82) is 0 Å². The zero-order valence-electron chi connectivity index (χ0n) is 10.6. The molecule has 2 aromatic rings. The van der Waals surface area contributed by atoms with E-state index in [1.165, 1.54) is 11.5 Å². The van der Waals surface area contributed by atoms with Gasteiger partial charge in [0.15, 0.2) is 5.78 Å². The summed E-state index contributed by atoms with van der Waals surface area (Å²) in [7, 11) is 0. The summed E-state index contributed by atoms with van der Waals surface area (Å²) in [5.74, 6) is 0.128. The van der Waals surface area contributed by atoms with E-state index in [0.717, 1.165) is 34.5 Å². The molecule has 0 saturated heterocycles. The van der Waals surface area contributed by atoms with E-state index < -0.39 is 0 Å². The third-order valence-corrected chi connectivity index (χ3v) is 3.72. The van der Waals surface area contributed by atoms with Gasteiger partial charge in [0.25, 0.3) is 0 Å². The monoisotopic (exact) mass is 260 g/mol. The summed E-state index contributed by atoms with van der Waals surface area (Å²) in [6.45, 7) is 4.11. The largest absolute Gasteiger partial charge is 0.293 e. The Bertz CT molecular complexity index is 548. The maximum Gasteiger partial charge on any atom is 0.180 e. The minimum atomic E-state index is 0.128. The molecule has 1 aromatic carbocycles. The van der Waals surface area contributed by atoms with Crippen molar-refractivity contribution in [3.05, 3.63) is 46.0 Å². The fraction of sp³-hybridized carbons (Fsp3) is 0.357. The predicted molar refractivity (Wildman–Crippen MR) is 73.1 cm³/mol. The van der Waals surface area contributed by atoms with Crippen molar-refractivity contribution in [3.8, 4) is 0 Å². The van der Waals surface area contributed by atoms with Crippen LogP contribution >= 0.6 is 11.5 Å². The second kappa shape index (κ2) is 5.87. The summed E-state index contributed by atoms with van der Waals surface area (Å²) >= 11 is 1.21. The van der Waals surface area contributed by atoms with Crippen LogP contribution in [0.15, 0.2) is 24.3 Å². The molecule has 1 aromatic heterocycles. The van der Waals surface area contributed by atoms with Gasteiger partial charge < -0.3 is 0 Å². The number of carbonyl (C=O) groups is 1. The molecule has 0 amide bonds. The molecule has 1 heterocycles. The number of nitrogens with zero attached hydrogens (tertiary/aromatic N) is 2. The topological polar surface area (TPSA) is 42.9 Å². The summed E-state index contributed by atoms with van der Waals surface area (Å²) in [4.78, 5) is 13.0. The van der Waals surface area contributed by atoms with Gasteiger partial charge in [0.1, 0.15) is 4.88 Å². The number of Topliss-reactive ketones (excluding diaryl/α,β-unsaturated/α-hetero) is 1. The molecule has 0 spiro atoms. The maximum atomic E-state index is 12.3. The quantitative estimate of drug-likeness (QED) is 0.775. The first kappa shape index (κ1) is 12.9. The lowest BCUT2D eigenvalue weighted by atomic mass is 10.0. The highest BCUT2D eigenvalue weighted by atomic mass is 32.1.